The molecule has 1 aliphatic heterocycles. The second-order valence-corrected chi connectivity index (χ2v) is 5.56. The van der Waals surface area contributed by atoms with E-state index >= 15 is 0 Å². The SMILES string of the molecule is Cn1nncc1CN1C[C@@H](CN)[C@H](c2ccccc2)C1. The lowest BCUT2D eigenvalue weighted by Gasteiger charge is -2.16. The first-order chi connectivity index (χ1) is 9.78. The first kappa shape index (κ1) is 13.3. The van der Waals surface area contributed by atoms with Crippen LogP contribution in [0.2, 0.25) is 0 Å². The molecule has 0 bridgehead atoms. The minimum atomic E-state index is 0.526. The van der Waals surface area contributed by atoms with Crippen molar-refractivity contribution in [3.63, 3.8) is 0 Å². The van der Waals surface area contributed by atoms with E-state index in [9.17, 15) is 0 Å². The number of nitrogens with zero attached hydrogens (tertiary/aromatic N) is 4. The first-order valence-electron chi connectivity index (χ1n) is 7.09. The lowest BCUT2D eigenvalue weighted by molar-refractivity contribution is 0.307. The quantitative estimate of drug-likeness (QED) is 0.901. The van der Waals surface area contributed by atoms with Gasteiger partial charge in [-0.1, -0.05) is 35.5 Å². The number of aryl methyl sites for hydroxylation is 1. The number of hydrogen-bond acceptors (Lipinski definition) is 4. The average Bonchev–Trinajstić information content (AvgIpc) is 3.07. The second kappa shape index (κ2) is 5.73. The average molecular weight is 271 g/mol. The van der Waals surface area contributed by atoms with Crippen LogP contribution in [0.15, 0.2) is 36.5 Å². The molecule has 1 saturated heterocycles. The molecule has 1 aliphatic rings. The highest BCUT2D eigenvalue weighted by Crippen LogP contribution is 2.32. The molecule has 20 heavy (non-hydrogen) atoms. The Balaban J connectivity index is 1.73. The maximum Gasteiger partial charge on any atom is 0.0738 e. The van der Waals surface area contributed by atoms with Crippen LogP contribution in [-0.4, -0.2) is 39.5 Å². The predicted octanol–water partition coefficient (Wildman–Crippen LogP) is 0.989. The Labute approximate surface area is 119 Å². The third-order valence-electron chi connectivity index (χ3n) is 4.24. The summed E-state index contributed by atoms with van der Waals surface area (Å²) in [7, 11) is 1.94. The van der Waals surface area contributed by atoms with Crippen molar-refractivity contribution in [1.82, 2.24) is 19.9 Å². The van der Waals surface area contributed by atoms with Crippen molar-refractivity contribution < 1.29 is 0 Å². The van der Waals surface area contributed by atoms with Crippen LogP contribution in [0.1, 0.15) is 17.2 Å². The van der Waals surface area contributed by atoms with Crippen LogP contribution in [0, 0.1) is 5.92 Å². The number of rotatable bonds is 4. The molecule has 106 valence electrons. The van der Waals surface area contributed by atoms with Gasteiger partial charge in [0.15, 0.2) is 0 Å². The van der Waals surface area contributed by atoms with Gasteiger partial charge in [0.1, 0.15) is 0 Å². The van der Waals surface area contributed by atoms with Gasteiger partial charge in [-0.3, -0.25) is 9.58 Å². The molecule has 0 aliphatic carbocycles. The van der Waals surface area contributed by atoms with Gasteiger partial charge in [-0.05, 0) is 18.0 Å². The monoisotopic (exact) mass is 271 g/mol. The largest absolute Gasteiger partial charge is 0.330 e. The summed E-state index contributed by atoms with van der Waals surface area (Å²) in [6.45, 7) is 3.72. The summed E-state index contributed by atoms with van der Waals surface area (Å²) < 4.78 is 1.84. The second-order valence-electron chi connectivity index (χ2n) is 5.56. The molecule has 0 amide bonds. The molecule has 1 aromatic heterocycles. The van der Waals surface area contributed by atoms with Crippen LogP contribution in [0.5, 0.6) is 0 Å². The summed E-state index contributed by atoms with van der Waals surface area (Å²) >= 11 is 0. The molecule has 1 fully saturated rings. The fourth-order valence-corrected chi connectivity index (χ4v) is 3.09. The van der Waals surface area contributed by atoms with E-state index in [1.165, 1.54) is 5.56 Å². The number of aromatic nitrogens is 3. The topological polar surface area (TPSA) is 60.0 Å². The van der Waals surface area contributed by atoms with Crippen LogP contribution in [0.3, 0.4) is 0 Å². The van der Waals surface area contributed by atoms with E-state index in [-0.39, 0.29) is 0 Å². The standard InChI is InChI=1S/C15H21N5/c1-19-14(8-17-18-19)10-20-9-13(7-16)15(11-20)12-5-3-2-4-6-12/h2-6,8,13,15H,7,9-11,16H2,1H3/t13-,15+/m1/s1. The van der Waals surface area contributed by atoms with Gasteiger partial charge in [-0.25, -0.2) is 0 Å². The normalized spacial score (nSPS) is 23.3. The molecule has 0 radical (unpaired) electrons. The number of benzene rings is 1. The summed E-state index contributed by atoms with van der Waals surface area (Å²) in [6.07, 6.45) is 1.84. The molecule has 5 heteroatoms. The van der Waals surface area contributed by atoms with E-state index in [1.54, 1.807) is 0 Å². The zero-order chi connectivity index (χ0) is 13.9. The van der Waals surface area contributed by atoms with Crippen molar-refractivity contribution in [3.05, 3.63) is 47.8 Å². The van der Waals surface area contributed by atoms with Crippen LogP contribution in [0.25, 0.3) is 0 Å². The third kappa shape index (κ3) is 2.59. The van der Waals surface area contributed by atoms with E-state index < -0.39 is 0 Å². The molecular weight excluding hydrogens is 250 g/mol. The van der Waals surface area contributed by atoms with Crippen LogP contribution in [0.4, 0.5) is 0 Å². The van der Waals surface area contributed by atoms with Gasteiger partial charge < -0.3 is 5.73 Å². The van der Waals surface area contributed by atoms with E-state index in [4.69, 9.17) is 5.73 Å². The maximum absolute atomic E-state index is 5.97. The fraction of sp³-hybridized carbons (Fsp3) is 0.467. The fourth-order valence-electron chi connectivity index (χ4n) is 3.09. The highest BCUT2D eigenvalue weighted by atomic mass is 15.4. The van der Waals surface area contributed by atoms with Gasteiger partial charge >= 0.3 is 0 Å². The molecule has 2 atom stereocenters. The molecule has 1 aromatic carbocycles. The molecular formula is C15H21N5. The van der Waals surface area contributed by atoms with Crippen molar-refractivity contribution in [2.24, 2.45) is 18.7 Å². The molecule has 3 rings (SSSR count). The van der Waals surface area contributed by atoms with E-state index in [1.807, 2.05) is 17.9 Å². The zero-order valence-electron chi connectivity index (χ0n) is 11.8. The summed E-state index contributed by atoms with van der Waals surface area (Å²) in [4.78, 5) is 2.45. The summed E-state index contributed by atoms with van der Waals surface area (Å²) in [6, 6.07) is 10.7. The number of nitrogens with two attached hydrogens (primary N) is 1. The Bertz CT molecular complexity index is 550. The van der Waals surface area contributed by atoms with E-state index in [2.05, 4.69) is 45.5 Å². The summed E-state index contributed by atoms with van der Waals surface area (Å²) in [5.74, 6) is 1.06. The smallest absolute Gasteiger partial charge is 0.0738 e. The highest BCUT2D eigenvalue weighted by Gasteiger charge is 2.32. The van der Waals surface area contributed by atoms with Gasteiger partial charge in [0.2, 0.25) is 0 Å². The van der Waals surface area contributed by atoms with Gasteiger partial charge in [-0.15, -0.1) is 5.10 Å². The Kier molecular flexibility index (Phi) is 3.80. The molecule has 0 spiro atoms. The Morgan fingerprint density at radius 1 is 1.25 bits per heavy atom. The molecule has 5 nitrogen and oxygen atoms in total. The third-order valence-corrected chi connectivity index (χ3v) is 4.24. The van der Waals surface area contributed by atoms with E-state index in [0.717, 1.165) is 31.9 Å². The van der Waals surface area contributed by atoms with Gasteiger partial charge in [0, 0.05) is 32.6 Å². The Morgan fingerprint density at radius 2 is 2.05 bits per heavy atom. The molecule has 2 N–H and O–H groups in total. The summed E-state index contributed by atoms with van der Waals surface area (Å²) in [5.41, 5.74) is 8.51. The lowest BCUT2D eigenvalue weighted by Crippen LogP contribution is -2.24. The Morgan fingerprint density at radius 3 is 2.70 bits per heavy atom. The molecule has 2 aromatic rings. The highest BCUT2D eigenvalue weighted by molar-refractivity contribution is 5.22. The predicted molar refractivity (Wildman–Crippen MR) is 78.0 cm³/mol. The van der Waals surface area contributed by atoms with Crippen molar-refractivity contribution in [1.29, 1.82) is 0 Å². The van der Waals surface area contributed by atoms with Crippen LogP contribution >= 0.6 is 0 Å². The van der Waals surface area contributed by atoms with Gasteiger partial charge in [-0.2, -0.15) is 0 Å². The van der Waals surface area contributed by atoms with Crippen LogP contribution in [-0.2, 0) is 13.6 Å². The van der Waals surface area contributed by atoms with Crippen molar-refractivity contribution in [3.8, 4) is 0 Å². The molecule has 2 heterocycles. The van der Waals surface area contributed by atoms with Gasteiger partial charge in [0.25, 0.3) is 0 Å². The summed E-state index contributed by atoms with van der Waals surface area (Å²) in [5, 5.41) is 7.93. The van der Waals surface area contributed by atoms with Crippen molar-refractivity contribution >= 4 is 0 Å². The Hall–Kier alpha value is -1.72. The van der Waals surface area contributed by atoms with Gasteiger partial charge in [0.05, 0.1) is 11.9 Å². The number of likely N-dealkylation sites (tertiary alicyclic amines) is 1. The zero-order valence-corrected chi connectivity index (χ0v) is 11.8. The minimum absolute atomic E-state index is 0.526. The maximum atomic E-state index is 5.97. The molecule has 0 saturated carbocycles. The lowest BCUT2D eigenvalue weighted by atomic mass is 9.89. The van der Waals surface area contributed by atoms with E-state index in [0.29, 0.717) is 11.8 Å². The van der Waals surface area contributed by atoms with Crippen molar-refractivity contribution in [2.75, 3.05) is 19.6 Å². The van der Waals surface area contributed by atoms with Crippen LogP contribution < -0.4 is 5.73 Å². The van der Waals surface area contributed by atoms with Crippen molar-refractivity contribution in [2.45, 2.75) is 12.5 Å². The molecule has 0 unspecified atom stereocenters. The number of hydrogen-bond donors (Lipinski definition) is 1. The minimum Gasteiger partial charge on any atom is -0.330 e. The first-order valence-corrected chi connectivity index (χ1v) is 7.09.